The third kappa shape index (κ3) is 3.54. The van der Waals surface area contributed by atoms with Crippen molar-refractivity contribution in [1.82, 2.24) is 10.2 Å². The van der Waals surface area contributed by atoms with E-state index in [0.29, 0.717) is 0 Å². The molecular formula is C14H12FN3O4. The number of ketones is 1. The molecule has 0 aliphatic rings. The smallest absolute Gasteiger partial charge is 0.356 e. The number of ether oxygens (including phenoxy) is 1. The van der Waals surface area contributed by atoms with Crippen molar-refractivity contribution in [3.8, 4) is 0 Å². The van der Waals surface area contributed by atoms with Crippen LogP contribution in [-0.4, -0.2) is 34.5 Å². The number of aromatic amines is 1. The van der Waals surface area contributed by atoms with Crippen LogP contribution in [0.15, 0.2) is 30.3 Å². The largest absolute Gasteiger partial charge is 0.461 e. The highest BCUT2D eigenvalue weighted by Crippen LogP contribution is 2.09. The van der Waals surface area contributed by atoms with Gasteiger partial charge < -0.3 is 10.1 Å². The Morgan fingerprint density at radius 1 is 1.27 bits per heavy atom. The second-order valence-electron chi connectivity index (χ2n) is 4.18. The predicted molar refractivity (Wildman–Crippen MR) is 73.9 cm³/mol. The molecule has 1 aromatic heterocycles. The number of Topliss-reactive ketones (excluding diaryl/α,β-unsaturated/α-hetero) is 1. The molecule has 0 atom stereocenters. The lowest BCUT2D eigenvalue weighted by atomic mass is 10.1. The molecule has 0 bridgehead atoms. The van der Waals surface area contributed by atoms with E-state index < -0.39 is 23.5 Å². The maximum Gasteiger partial charge on any atom is 0.356 e. The maximum atomic E-state index is 12.8. The summed E-state index contributed by atoms with van der Waals surface area (Å²) in [6.45, 7) is 1.85. The molecule has 22 heavy (non-hydrogen) atoms. The van der Waals surface area contributed by atoms with Gasteiger partial charge in [0.2, 0.25) is 0 Å². The molecule has 0 aliphatic heterocycles. The molecule has 0 saturated heterocycles. The zero-order valence-corrected chi connectivity index (χ0v) is 11.6. The molecule has 8 heteroatoms. The van der Waals surface area contributed by atoms with Crippen molar-refractivity contribution in [2.45, 2.75) is 6.92 Å². The van der Waals surface area contributed by atoms with Crippen molar-refractivity contribution >= 4 is 23.5 Å². The second-order valence-corrected chi connectivity index (χ2v) is 4.18. The maximum absolute atomic E-state index is 12.8. The summed E-state index contributed by atoms with van der Waals surface area (Å²) in [7, 11) is 0. The first-order valence-electron chi connectivity index (χ1n) is 6.35. The van der Waals surface area contributed by atoms with E-state index in [2.05, 4.69) is 15.5 Å². The molecule has 0 unspecified atom stereocenters. The first-order valence-corrected chi connectivity index (χ1v) is 6.35. The summed E-state index contributed by atoms with van der Waals surface area (Å²) in [6, 6.07) is 5.80. The van der Waals surface area contributed by atoms with Crippen LogP contribution in [0.4, 0.5) is 10.2 Å². The highest BCUT2D eigenvalue weighted by atomic mass is 19.1. The Morgan fingerprint density at radius 2 is 1.95 bits per heavy atom. The molecule has 1 heterocycles. The van der Waals surface area contributed by atoms with Gasteiger partial charge in [-0.1, -0.05) is 0 Å². The lowest BCUT2D eigenvalue weighted by molar-refractivity contribution is -0.112. The number of carbonyl (C=O) groups excluding carboxylic acids is 3. The van der Waals surface area contributed by atoms with Crippen LogP contribution in [0.1, 0.15) is 27.8 Å². The zero-order chi connectivity index (χ0) is 16.1. The van der Waals surface area contributed by atoms with Crippen molar-refractivity contribution in [2.24, 2.45) is 0 Å². The van der Waals surface area contributed by atoms with Crippen LogP contribution in [0.25, 0.3) is 0 Å². The minimum Gasteiger partial charge on any atom is -0.461 e. The van der Waals surface area contributed by atoms with E-state index >= 15 is 0 Å². The van der Waals surface area contributed by atoms with Crippen molar-refractivity contribution in [3.63, 3.8) is 0 Å². The van der Waals surface area contributed by atoms with E-state index in [1.54, 1.807) is 6.92 Å². The van der Waals surface area contributed by atoms with E-state index in [4.69, 9.17) is 4.74 Å². The molecule has 2 aromatic rings. The lowest BCUT2D eigenvalue weighted by Crippen LogP contribution is -2.23. The summed E-state index contributed by atoms with van der Waals surface area (Å²) in [5, 5.41) is 8.30. The first kappa shape index (κ1) is 15.4. The number of esters is 1. The Bertz CT molecular complexity index is 709. The summed E-state index contributed by atoms with van der Waals surface area (Å²) in [4.78, 5) is 35.0. The fourth-order valence-corrected chi connectivity index (χ4v) is 1.60. The average Bonchev–Trinajstić information content (AvgIpc) is 2.96. The fraction of sp³-hybridized carbons (Fsp3) is 0.143. The van der Waals surface area contributed by atoms with Crippen LogP contribution in [0.3, 0.4) is 0 Å². The second kappa shape index (κ2) is 6.61. The summed E-state index contributed by atoms with van der Waals surface area (Å²) in [6.07, 6.45) is 0. The van der Waals surface area contributed by atoms with Crippen LogP contribution >= 0.6 is 0 Å². The molecule has 0 fully saturated rings. The van der Waals surface area contributed by atoms with Gasteiger partial charge >= 0.3 is 5.97 Å². The molecule has 7 nitrogen and oxygen atoms in total. The summed E-state index contributed by atoms with van der Waals surface area (Å²) in [5.74, 6) is -2.93. The number of carbonyl (C=O) groups is 3. The third-order valence-electron chi connectivity index (χ3n) is 2.63. The topological polar surface area (TPSA) is 101 Å². The summed E-state index contributed by atoms with van der Waals surface area (Å²) in [5.41, 5.74) is 0.0893. The minimum atomic E-state index is -0.950. The van der Waals surface area contributed by atoms with Gasteiger partial charge in [0.25, 0.3) is 11.7 Å². The molecule has 114 valence electrons. The number of amides is 1. The number of H-pyrrole nitrogens is 1. The highest BCUT2D eigenvalue weighted by molar-refractivity contribution is 6.46. The quantitative estimate of drug-likeness (QED) is 0.496. The lowest BCUT2D eigenvalue weighted by Gasteiger charge is -2.01. The number of benzene rings is 1. The molecule has 2 rings (SSSR count). The van der Waals surface area contributed by atoms with Crippen molar-refractivity contribution in [1.29, 1.82) is 0 Å². The monoisotopic (exact) mass is 305 g/mol. The number of anilines is 1. The number of nitrogens with one attached hydrogen (secondary N) is 2. The van der Waals surface area contributed by atoms with E-state index in [1.165, 1.54) is 18.2 Å². The van der Waals surface area contributed by atoms with Gasteiger partial charge in [0.05, 0.1) is 6.61 Å². The predicted octanol–water partition coefficient (Wildman–Crippen LogP) is 1.55. The van der Waals surface area contributed by atoms with E-state index in [1.807, 2.05) is 0 Å². The van der Waals surface area contributed by atoms with E-state index in [-0.39, 0.29) is 23.7 Å². The Hall–Kier alpha value is -3.03. The van der Waals surface area contributed by atoms with Crippen molar-refractivity contribution in [3.05, 3.63) is 47.4 Å². The number of hydrogen-bond acceptors (Lipinski definition) is 5. The number of halogens is 1. The molecule has 0 saturated carbocycles. The fourth-order valence-electron chi connectivity index (χ4n) is 1.60. The molecule has 1 amide bonds. The minimum absolute atomic E-state index is 0.00325. The number of nitrogens with zero attached hydrogens (tertiary/aromatic N) is 1. The van der Waals surface area contributed by atoms with Gasteiger partial charge in [0.15, 0.2) is 5.82 Å². The first-order chi connectivity index (χ1) is 10.5. The Kier molecular flexibility index (Phi) is 4.62. The zero-order valence-electron chi connectivity index (χ0n) is 11.6. The van der Waals surface area contributed by atoms with Gasteiger partial charge in [0.1, 0.15) is 11.5 Å². The number of rotatable bonds is 5. The normalized spacial score (nSPS) is 10.1. The van der Waals surface area contributed by atoms with Crippen LogP contribution in [0, 0.1) is 5.82 Å². The van der Waals surface area contributed by atoms with Gasteiger partial charge in [-0.25, -0.2) is 9.18 Å². The van der Waals surface area contributed by atoms with E-state index in [0.717, 1.165) is 12.1 Å². The Morgan fingerprint density at radius 3 is 2.59 bits per heavy atom. The van der Waals surface area contributed by atoms with Crippen LogP contribution in [0.2, 0.25) is 0 Å². The van der Waals surface area contributed by atoms with Gasteiger partial charge in [-0.2, -0.15) is 5.10 Å². The highest BCUT2D eigenvalue weighted by Gasteiger charge is 2.18. The van der Waals surface area contributed by atoms with Gasteiger partial charge in [-0.15, -0.1) is 0 Å². The Balaban J connectivity index is 2.04. The SMILES string of the molecule is CCOC(=O)c1cc(NC(=O)C(=O)c2ccc(F)cc2)n[nH]1. The standard InChI is InChI=1S/C14H12FN3O4/c1-2-22-14(21)10-7-11(18-17-10)16-13(20)12(19)8-3-5-9(15)6-4-8/h3-7H,2H2,1H3,(H2,16,17,18,20). The molecule has 1 aromatic carbocycles. The van der Waals surface area contributed by atoms with Crippen LogP contribution in [0.5, 0.6) is 0 Å². The number of aromatic nitrogens is 2. The molecule has 0 radical (unpaired) electrons. The van der Waals surface area contributed by atoms with Crippen molar-refractivity contribution in [2.75, 3.05) is 11.9 Å². The molecule has 0 aliphatic carbocycles. The van der Waals surface area contributed by atoms with Crippen LogP contribution < -0.4 is 5.32 Å². The number of hydrogen-bond donors (Lipinski definition) is 2. The molecular weight excluding hydrogens is 293 g/mol. The summed E-state index contributed by atoms with van der Waals surface area (Å²) >= 11 is 0. The van der Waals surface area contributed by atoms with Crippen molar-refractivity contribution < 1.29 is 23.5 Å². The Labute approximate surface area is 124 Å². The van der Waals surface area contributed by atoms with Crippen LogP contribution in [-0.2, 0) is 9.53 Å². The third-order valence-corrected chi connectivity index (χ3v) is 2.63. The molecule has 0 spiro atoms. The van der Waals surface area contributed by atoms with Gasteiger partial charge in [-0.05, 0) is 31.2 Å². The summed E-state index contributed by atoms with van der Waals surface area (Å²) < 4.78 is 17.5. The van der Waals surface area contributed by atoms with Gasteiger partial charge in [0, 0.05) is 11.6 Å². The average molecular weight is 305 g/mol. The van der Waals surface area contributed by atoms with Gasteiger partial charge in [-0.3, -0.25) is 14.7 Å². The van der Waals surface area contributed by atoms with E-state index in [9.17, 15) is 18.8 Å². The molecule has 2 N–H and O–H groups in total.